The normalized spacial score (nSPS) is 16.9. The van der Waals surface area contributed by atoms with Crippen LogP contribution in [0.1, 0.15) is 24.1 Å². The lowest BCUT2D eigenvalue weighted by Gasteiger charge is -2.33. The van der Waals surface area contributed by atoms with Crippen LogP contribution in [0.5, 0.6) is 0 Å². The molecule has 0 radical (unpaired) electrons. The Kier molecular flexibility index (Phi) is 3.85. The van der Waals surface area contributed by atoms with Crippen LogP contribution in [0.3, 0.4) is 0 Å². The fraction of sp³-hybridized carbons (Fsp3) is 0.500. The minimum atomic E-state index is -0.726. The molecule has 1 N–H and O–H groups in total. The molecule has 17 heavy (non-hydrogen) atoms. The van der Waals surface area contributed by atoms with Gasteiger partial charge in [-0.1, -0.05) is 0 Å². The first-order valence-corrected chi connectivity index (χ1v) is 7.26. The third kappa shape index (κ3) is 2.70. The highest BCUT2D eigenvalue weighted by atomic mass is 79.9. The van der Waals surface area contributed by atoms with E-state index in [1.807, 2.05) is 5.38 Å². The molecule has 0 bridgehead atoms. The van der Waals surface area contributed by atoms with Gasteiger partial charge in [0, 0.05) is 21.3 Å². The topological polar surface area (TPSA) is 52.9 Å². The third-order valence-electron chi connectivity index (χ3n) is 3.13. The van der Waals surface area contributed by atoms with Crippen molar-refractivity contribution in [2.45, 2.75) is 25.7 Å². The molecule has 1 aliphatic carbocycles. The Labute approximate surface area is 113 Å². The summed E-state index contributed by atoms with van der Waals surface area (Å²) in [5.41, 5.74) is -0.726. The lowest BCUT2D eigenvalue weighted by Crippen LogP contribution is -2.45. The number of nitrogens with one attached hydrogen (secondary N) is 1. The first-order chi connectivity index (χ1) is 8.16. The summed E-state index contributed by atoms with van der Waals surface area (Å²) in [6.45, 7) is 0.606. The number of carbonyl (C=O) groups is 1. The fourth-order valence-electron chi connectivity index (χ4n) is 1.87. The monoisotopic (exact) mass is 312 g/mol. The number of nitriles is 1. The van der Waals surface area contributed by atoms with E-state index in [1.165, 1.54) is 4.88 Å². The largest absolute Gasteiger partial charge is 0.354 e. The number of hydrogen-bond acceptors (Lipinski definition) is 3. The summed E-state index contributed by atoms with van der Waals surface area (Å²) in [6.07, 6.45) is 3.22. The second kappa shape index (κ2) is 5.19. The van der Waals surface area contributed by atoms with Crippen molar-refractivity contribution in [3.63, 3.8) is 0 Å². The Morgan fingerprint density at radius 1 is 1.65 bits per heavy atom. The molecule has 1 aromatic heterocycles. The lowest BCUT2D eigenvalue weighted by atomic mass is 9.69. The Morgan fingerprint density at radius 3 is 2.88 bits per heavy atom. The van der Waals surface area contributed by atoms with Crippen molar-refractivity contribution >= 4 is 33.2 Å². The molecule has 2 rings (SSSR count). The summed E-state index contributed by atoms with van der Waals surface area (Å²) in [6, 6.07) is 4.21. The van der Waals surface area contributed by atoms with Crippen LogP contribution >= 0.6 is 27.3 Å². The van der Waals surface area contributed by atoms with Crippen LogP contribution in [-0.4, -0.2) is 12.5 Å². The second-order valence-corrected chi connectivity index (χ2v) is 6.20. The first-order valence-electron chi connectivity index (χ1n) is 5.59. The zero-order valence-corrected chi connectivity index (χ0v) is 11.7. The van der Waals surface area contributed by atoms with Crippen LogP contribution in [0.15, 0.2) is 15.9 Å². The zero-order chi connectivity index (χ0) is 12.3. The number of thiophene rings is 1. The van der Waals surface area contributed by atoms with Gasteiger partial charge in [0.05, 0.1) is 6.07 Å². The van der Waals surface area contributed by atoms with Gasteiger partial charge in [0.15, 0.2) is 0 Å². The van der Waals surface area contributed by atoms with Gasteiger partial charge in [0.1, 0.15) is 5.41 Å². The highest BCUT2D eigenvalue weighted by Gasteiger charge is 2.44. The molecule has 0 saturated heterocycles. The van der Waals surface area contributed by atoms with Gasteiger partial charge in [-0.15, -0.1) is 11.3 Å². The van der Waals surface area contributed by atoms with Crippen molar-refractivity contribution in [3.05, 3.63) is 20.8 Å². The van der Waals surface area contributed by atoms with E-state index in [0.29, 0.717) is 19.4 Å². The van der Waals surface area contributed by atoms with E-state index in [-0.39, 0.29) is 5.91 Å². The predicted molar refractivity (Wildman–Crippen MR) is 70.6 cm³/mol. The van der Waals surface area contributed by atoms with Crippen molar-refractivity contribution in [1.82, 2.24) is 5.32 Å². The molecule has 1 aromatic rings. The molecule has 1 saturated carbocycles. The molecule has 5 heteroatoms. The smallest absolute Gasteiger partial charge is 0.240 e. The Bertz CT molecular complexity index is 459. The highest BCUT2D eigenvalue weighted by molar-refractivity contribution is 9.10. The van der Waals surface area contributed by atoms with E-state index in [4.69, 9.17) is 5.26 Å². The van der Waals surface area contributed by atoms with Gasteiger partial charge in [0.25, 0.3) is 0 Å². The molecule has 1 amide bonds. The van der Waals surface area contributed by atoms with Gasteiger partial charge in [0.2, 0.25) is 5.91 Å². The molecule has 90 valence electrons. The molecular weight excluding hydrogens is 300 g/mol. The Hall–Kier alpha value is -0.860. The summed E-state index contributed by atoms with van der Waals surface area (Å²) >= 11 is 5.07. The zero-order valence-electron chi connectivity index (χ0n) is 9.33. The highest BCUT2D eigenvalue weighted by Crippen LogP contribution is 2.40. The van der Waals surface area contributed by atoms with Gasteiger partial charge in [-0.25, -0.2) is 0 Å². The van der Waals surface area contributed by atoms with Gasteiger partial charge >= 0.3 is 0 Å². The molecule has 1 fully saturated rings. The summed E-state index contributed by atoms with van der Waals surface area (Å²) in [7, 11) is 0. The van der Waals surface area contributed by atoms with E-state index >= 15 is 0 Å². The number of hydrogen-bond donors (Lipinski definition) is 1. The van der Waals surface area contributed by atoms with Crippen molar-refractivity contribution in [1.29, 1.82) is 5.26 Å². The van der Waals surface area contributed by atoms with Crippen LogP contribution in [0, 0.1) is 16.7 Å². The maximum Gasteiger partial charge on any atom is 0.240 e. The molecular formula is C12H13BrN2OS. The van der Waals surface area contributed by atoms with Crippen LogP contribution in [0.4, 0.5) is 0 Å². The van der Waals surface area contributed by atoms with E-state index in [9.17, 15) is 4.79 Å². The van der Waals surface area contributed by atoms with E-state index in [1.54, 1.807) is 11.3 Å². The second-order valence-electron chi connectivity index (χ2n) is 4.28. The number of amides is 1. The minimum absolute atomic E-state index is 0.0955. The summed E-state index contributed by atoms with van der Waals surface area (Å²) in [4.78, 5) is 13.1. The van der Waals surface area contributed by atoms with E-state index in [2.05, 4.69) is 33.4 Å². The van der Waals surface area contributed by atoms with Crippen molar-refractivity contribution < 1.29 is 4.79 Å². The molecule has 0 spiro atoms. The Balaban J connectivity index is 1.79. The van der Waals surface area contributed by atoms with E-state index < -0.39 is 5.41 Å². The molecule has 1 aliphatic rings. The van der Waals surface area contributed by atoms with Crippen LogP contribution in [0.2, 0.25) is 0 Å². The maximum absolute atomic E-state index is 11.8. The van der Waals surface area contributed by atoms with E-state index in [0.717, 1.165) is 17.3 Å². The van der Waals surface area contributed by atoms with Crippen molar-refractivity contribution in [2.24, 2.45) is 5.41 Å². The number of nitrogens with zero attached hydrogens (tertiary/aromatic N) is 1. The summed E-state index contributed by atoms with van der Waals surface area (Å²) < 4.78 is 1.08. The van der Waals surface area contributed by atoms with Crippen LogP contribution < -0.4 is 5.32 Å². The molecule has 3 nitrogen and oxygen atoms in total. The van der Waals surface area contributed by atoms with Gasteiger partial charge < -0.3 is 5.32 Å². The predicted octanol–water partition coefficient (Wildman–Crippen LogP) is 2.86. The quantitative estimate of drug-likeness (QED) is 0.929. The third-order valence-corrected chi connectivity index (χ3v) is 4.89. The summed E-state index contributed by atoms with van der Waals surface area (Å²) in [5.74, 6) is -0.0955. The standard InChI is InChI=1S/C12H13BrN2OS/c13-9-6-10(17-7-9)2-5-15-11(16)12(8-14)3-1-4-12/h6-7H,1-5H2,(H,15,16). The van der Waals surface area contributed by atoms with Crippen LogP contribution in [-0.2, 0) is 11.2 Å². The molecule has 0 aliphatic heterocycles. The number of rotatable bonds is 4. The van der Waals surface area contributed by atoms with Crippen LogP contribution in [0.25, 0.3) is 0 Å². The Morgan fingerprint density at radius 2 is 2.41 bits per heavy atom. The van der Waals surface area contributed by atoms with Gasteiger partial charge in [-0.2, -0.15) is 5.26 Å². The molecule has 0 aromatic carbocycles. The molecule has 0 atom stereocenters. The minimum Gasteiger partial charge on any atom is -0.354 e. The number of halogens is 1. The summed E-state index contributed by atoms with van der Waals surface area (Å²) in [5, 5.41) is 13.9. The fourth-order valence-corrected chi connectivity index (χ4v) is 3.33. The number of carbonyl (C=O) groups excluding carboxylic acids is 1. The first kappa shape index (κ1) is 12.6. The SMILES string of the molecule is N#CC1(C(=O)NCCc2cc(Br)cs2)CCC1. The lowest BCUT2D eigenvalue weighted by molar-refractivity contribution is -0.131. The van der Waals surface area contributed by atoms with Crippen molar-refractivity contribution in [3.8, 4) is 6.07 Å². The van der Waals surface area contributed by atoms with Gasteiger partial charge in [-0.05, 0) is 47.7 Å². The van der Waals surface area contributed by atoms with Crippen molar-refractivity contribution in [2.75, 3.05) is 6.54 Å². The maximum atomic E-state index is 11.8. The molecule has 1 heterocycles. The van der Waals surface area contributed by atoms with Gasteiger partial charge in [-0.3, -0.25) is 4.79 Å². The average molecular weight is 313 g/mol. The average Bonchev–Trinajstić information content (AvgIpc) is 2.63. The molecule has 0 unspecified atom stereocenters.